The van der Waals surface area contributed by atoms with Gasteiger partial charge in [-0.15, -0.1) is 11.3 Å². The second-order valence-corrected chi connectivity index (χ2v) is 6.19. The van der Waals surface area contributed by atoms with Gasteiger partial charge in [-0.25, -0.2) is 0 Å². The van der Waals surface area contributed by atoms with Crippen molar-refractivity contribution in [1.82, 2.24) is 10.2 Å². The molecule has 2 heterocycles. The van der Waals surface area contributed by atoms with Gasteiger partial charge in [-0.2, -0.15) is 0 Å². The summed E-state index contributed by atoms with van der Waals surface area (Å²) in [5.41, 5.74) is 0. The van der Waals surface area contributed by atoms with E-state index in [1.54, 1.807) is 11.3 Å². The highest BCUT2D eigenvalue weighted by Gasteiger charge is 2.07. The Kier molecular flexibility index (Phi) is 5.19. The second kappa shape index (κ2) is 6.89. The first kappa shape index (κ1) is 14.3. The van der Waals surface area contributed by atoms with E-state index in [9.17, 15) is 0 Å². The number of hydrogen-bond donors (Lipinski definition) is 1. The van der Waals surface area contributed by atoms with E-state index in [4.69, 9.17) is 4.42 Å². The molecule has 1 N–H and O–H groups in total. The van der Waals surface area contributed by atoms with Crippen LogP contribution in [0.25, 0.3) is 0 Å². The molecule has 19 heavy (non-hydrogen) atoms. The van der Waals surface area contributed by atoms with Crippen LogP contribution in [0.5, 0.6) is 0 Å². The van der Waals surface area contributed by atoms with Crippen LogP contribution in [-0.2, 0) is 19.6 Å². The Morgan fingerprint density at radius 2 is 2.00 bits per heavy atom. The van der Waals surface area contributed by atoms with Gasteiger partial charge in [0.1, 0.15) is 11.5 Å². The topological polar surface area (TPSA) is 28.4 Å². The molecule has 104 valence electrons. The molecule has 0 bridgehead atoms. The van der Waals surface area contributed by atoms with E-state index in [1.807, 2.05) is 0 Å². The fourth-order valence-corrected chi connectivity index (χ4v) is 2.68. The standard InChI is InChI=1S/C15H22N2OS/c1-12(2)16-9-13-6-7-14(18-13)10-17(3)11-15-5-4-8-19-15/h4-8,12,16H,9-11H2,1-3H3. The third kappa shape index (κ3) is 4.82. The number of rotatable bonds is 7. The Morgan fingerprint density at radius 1 is 1.21 bits per heavy atom. The predicted molar refractivity (Wildman–Crippen MR) is 80.2 cm³/mol. The van der Waals surface area contributed by atoms with E-state index in [-0.39, 0.29) is 0 Å². The van der Waals surface area contributed by atoms with Crippen molar-refractivity contribution < 1.29 is 4.42 Å². The van der Waals surface area contributed by atoms with E-state index in [0.717, 1.165) is 31.2 Å². The van der Waals surface area contributed by atoms with Crippen molar-refractivity contribution in [3.8, 4) is 0 Å². The SMILES string of the molecule is CC(C)NCc1ccc(CN(C)Cc2cccs2)o1. The van der Waals surface area contributed by atoms with Crippen molar-refractivity contribution >= 4 is 11.3 Å². The van der Waals surface area contributed by atoms with Crippen LogP contribution in [0.15, 0.2) is 34.1 Å². The first-order valence-corrected chi connectivity index (χ1v) is 7.53. The lowest BCUT2D eigenvalue weighted by molar-refractivity contribution is 0.284. The first-order chi connectivity index (χ1) is 9.13. The maximum Gasteiger partial charge on any atom is 0.118 e. The van der Waals surface area contributed by atoms with Crippen molar-refractivity contribution in [3.63, 3.8) is 0 Å². The molecule has 2 rings (SSSR count). The number of thiophene rings is 1. The maximum atomic E-state index is 5.82. The summed E-state index contributed by atoms with van der Waals surface area (Å²) in [6, 6.07) is 8.87. The monoisotopic (exact) mass is 278 g/mol. The minimum absolute atomic E-state index is 0.482. The van der Waals surface area contributed by atoms with E-state index in [1.165, 1.54) is 4.88 Å². The van der Waals surface area contributed by atoms with E-state index < -0.39 is 0 Å². The zero-order valence-electron chi connectivity index (χ0n) is 11.8. The summed E-state index contributed by atoms with van der Waals surface area (Å²) in [6.45, 7) is 6.89. The molecule has 0 fully saturated rings. The summed E-state index contributed by atoms with van der Waals surface area (Å²) >= 11 is 1.80. The van der Waals surface area contributed by atoms with Gasteiger partial charge < -0.3 is 9.73 Å². The fraction of sp³-hybridized carbons (Fsp3) is 0.467. The van der Waals surface area contributed by atoms with E-state index in [2.05, 4.69) is 60.8 Å². The highest BCUT2D eigenvalue weighted by atomic mass is 32.1. The number of nitrogens with one attached hydrogen (secondary N) is 1. The van der Waals surface area contributed by atoms with Gasteiger partial charge in [-0.3, -0.25) is 4.90 Å². The molecule has 0 saturated carbocycles. The molecule has 0 aliphatic rings. The van der Waals surface area contributed by atoms with Gasteiger partial charge in [0.2, 0.25) is 0 Å². The summed E-state index contributed by atoms with van der Waals surface area (Å²) in [4.78, 5) is 3.65. The summed E-state index contributed by atoms with van der Waals surface area (Å²) < 4.78 is 5.82. The highest BCUT2D eigenvalue weighted by molar-refractivity contribution is 7.09. The molecule has 4 heteroatoms. The Morgan fingerprint density at radius 3 is 2.68 bits per heavy atom. The first-order valence-electron chi connectivity index (χ1n) is 6.65. The van der Waals surface area contributed by atoms with Gasteiger partial charge >= 0.3 is 0 Å². The molecule has 2 aromatic heterocycles. The van der Waals surface area contributed by atoms with Crippen LogP contribution in [0.1, 0.15) is 30.2 Å². The average molecular weight is 278 g/mol. The summed E-state index contributed by atoms with van der Waals surface area (Å²) in [5.74, 6) is 2.04. The molecule has 0 spiro atoms. The summed E-state index contributed by atoms with van der Waals surface area (Å²) in [7, 11) is 2.12. The second-order valence-electron chi connectivity index (χ2n) is 5.16. The Bertz CT molecular complexity index is 476. The zero-order valence-corrected chi connectivity index (χ0v) is 12.7. The van der Waals surface area contributed by atoms with Gasteiger partial charge in [-0.05, 0) is 30.6 Å². The average Bonchev–Trinajstić information content (AvgIpc) is 2.98. The zero-order chi connectivity index (χ0) is 13.7. The normalized spacial score (nSPS) is 11.6. The molecule has 0 saturated heterocycles. The number of nitrogens with zero attached hydrogens (tertiary/aromatic N) is 1. The molecule has 0 aliphatic carbocycles. The van der Waals surface area contributed by atoms with Crippen molar-refractivity contribution in [2.24, 2.45) is 0 Å². The Balaban J connectivity index is 1.82. The molecule has 0 aliphatic heterocycles. The van der Waals surface area contributed by atoms with Crippen LogP contribution >= 0.6 is 11.3 Å². The quantitative estimate of drug-likeness (QED) is 0.840. The van der Waals surface area contributed by atoms with Crippen molar-refractivity contribution in [2.45, 2.75) is 39.5 Å². The third-order valence-corrected chi connectivity index (χ3v) is 3.69. The largest absolute Gasteiger partial charge is 0.463 e. The lowest BCUT2D eigenvalue weighted by Crippen LogP contribution is -2.21. The molecule has 3 nitrogen and oxygen atoms in total. The Labute approximate surface area is 119 Å². The van der Waals surface area contributed by atoms with E-state index >= 15 is 0 Å². The molecule has 0 radical (unpaired) electrons. The maximum absolute atomic E-state index is 5.82. The lowest BCUT2D eigenvalue weighted by Gasteiger charge is -2.13. The molecule has 0 amide bonds. The van der Waals surface area contributed by atoms with Crippen LogP contribution in [0.2, 0.25) is 0 Å². The van der Waals surface area contributed by atoms with Crippen molar-refractivity contribution in [1.29, 1.82) is 0 Å². The third-order valence-electron chi connectivity index (χ3n) is 2.83. The predicted octanol–water partition coefficient (Wildman–Crippen LogP) is 3.47. The van der Waals surface area contributed by atoms with Crippen LogP contribution in [0.4, 0.5) is 0 Å². The summed E-state index contributed by atoms with van der Waals surface area (Å²) in [6.07, 6.45) is 0. The molecule has 0 atom stereocenters. The number of furan rings is 1. The lowest BCUT2D eigenvalue weighted by atomic mass is 10.3. The van der Waals surface area contributed by atoms with Crippen molar-refractivity contribution in [3.05, 3.63) is 46.0 Å². The minimum atomic E-state index is 0.482. The minimum Gasteiger partial charge on any atom is -0.463 e. The van der Waals surface area contributed by atoms with Crippen LogP contribution in [-0.4, -0.2) is 18.0 Å². The molecule has 2 aromatic rings. The van der Waals surface area contributed by atoms with Gasteiger partial charge in [0, 0.05) is 17.5 Å². The molecule has 0 unspecified atom stereocenters. The van der Waals surface area contributed by atoms with Crippen LogP contribution < -0.4 is 5.32 Å². The Hall–Kier alpha value is -1.10. The van der Waals surface area contributed by atoms with Gasteiger partial charge in [-0.1, -0.05) is 19.9 Å². The molecular weight excluding hydrogens is 256 g/mol. The van der Waals surface area contributed by atoms with Crippen molar-refractivity contribution in [2.75, 3.05) is 7.05 Å². The van der Waals surface area contributed by atoms with Crippen LogP contribution in [0.3, 0.4) is 0 Å². The summed E-state index contributed by atoms with van der Waals surface area (Å²) in [5, 5.41) is 5.48. The molecule has 0 aromatic carbocycles. The number of hydrogen-bond acceptors (Lipinski definition) is 4. The van der Waals surface area contributed by atoms with Gasteiger partial charge in [0.25, 0.3) is 0 Å². The van der Waals surface area contributed by atoms with Gasteiger partial charge in [0.15, 0.2) is 0 Å². The van der Waals surface area contributed by atoms with Crippen LogP contribution in [0, 0.1) is 0 Å². The van der Waals surface area contributed by atoms with E-state index in [0.29, 0.717) is 6.04 Å². The smallest absolute Gasteiger partial charge is 0.118 e. The fourth-order valence-electron chi connectivity index (χ4n) is 1.90. The molecular formula is C15H22N2OS. The highest BCUT2D eigenvalue weighted by Crippen LogP contribution is 2.14. The van der Waals surface area contributed by atoms with Gasteiger partial charge in [0.05, 0.1) is 13.1 Å².